The molecule has 0 fully saturated rings. The minimum Gasteiger partial charge on any atom is -0.444 e. The van der Waals surface area contributed by atoms with Gasteiger partial charge < -0.3 is 62.5 Å². The van der Waals surface area contributed by atoms with Gasteiger partial charge in [-0.2, -0.15) is 0 Å². The summed E-state index contributed by atoms with van der Waals surface area (Å²) >= 11 is 0. The molecule has 0 atom stereocenters. The molecule has 1 amide bonds. The number of ether oxygens (including phenoxy) is 11. The predicted octanol–water partition coefficient (Wildman–Crippen LogP) is 0.669. The topological polar surface area (TPSA) is 151 Å². The number of alkyl carbamates (subject to hydrolysis) is 1. The largest absolute Gasteiger partial charge is 0.444 e. The highest BCUT2D eigenvalue weighted by Crippen LogP contribution is 2.06. The van der Waals surface area contributed by atoms with Gasteiger partial charge in [0, 0.05) is 6.54 Å². The number of nitrogens with one attached hydrogen (secondary N) is 1. The van der Waals surface area contributed by atoms with Crippen molar-refractivity contribution in [2.45, 2.75) is 26.4 Å². The van der Waals surface area contributed by atoms with E-state index in [2.05, 4.69) is 5.32 Å². The molecule has 0 aromatic rings. The van der Waals surface area contributed by atoms with E-state index in [0.29, 0.717) is 139 Å². The van der Waals surface area contributed by atoms with Gasteiger partial charge in [-0.15, -0.1) is 0 Å². The first-order valence-electron chi connectivity index (χ1n) is 14.3. The zero-order valence-corrected chi connectivity index (χ0v) is 25.4. The summed E-state index contributed by atoms with van der Waals surface area (Å²) in [5.41, 5.74) is -0.510. The molecule has 41 heavy (non-hydrogen) atoms. The fraction of sp³-hybridized carbons (Fsp3) is 0.963. The van der Waals surface area contributed by atoms with Crippen molar-refractivity contribution in [3.05, 3.63) is 0 Å². The van der Waals surface area contributed by atoms with E-state index < -0.39 is 11.7 Å². The zero-order chi connectivity index (χ0) is 30.1. The smallest absolute Gasteiger partial charge is 0.407 e. The second-order valence-electron chi connectivity index (χ2n) is 9.28. The maximum Gasteiger partial charge on any atom is 0.407 e. The van der Waals surface area contributed by atoms with E-state index in [9.17, 15) is 4.79 Å². The van der Waals surface area contributed by atoms with Crippen LogP contribution in [0.15, 0.2) is 0 Å². The number of aliphatic hydroxyl groups is 1. The molecule has 0 aliphatic carbocycles. The van der Waals surface area contributed by atoms with E-state index >= 15 is 0 Å². The Morgan fingerprint density at radius 1 is 0.463 bits per heavy atom. The van der Waals surface area contributed by atoms with Gasteiger partial charge in [0.2, 0.25) is 0 Å². The maximum atomic E-state index is 11.5. The van der Waals surface area contributed by atoms with Crippen LogP contribution in [-0.4, -0.2) is 162 Å². The van der Waals surface area contributed by atoms with E-state index in [1.807, 2.05) is 20.8 Å². The van der Waals surface area contributed by atoms with Crippen LogP contribution in [0.4, 0.5) is 4.79 Å². The maximum absolute atomic E-state index is 11.5. The standard InChI is InChI=1S/C27H55NO13/c1-27(2,3)41-26(30)28-4-6-31-8-10-33-12-14-35-16-18-37-20-22-39-24-25-40-23-21-38-19-17-36-15-13-34-11-9-32-7-5-29/h29H,4-25H2,1-3H3,(H,28,30). The van der Waals surface area contributed by atoms with Gasteiger partial charge in [-0.05, 0) is 20.8 Å². The van der Waals surface area contributed by atoms with E-state index in [0.717, 1.165) is 0 Å². The first kappa shape index (κ1) is 39.8. The summed E-state index contributed by atoms with van der Waals surface area (Å²) in [6, 6.07) is 0. The number of hydrogen-bond acceptors (Lipinski definition) is 13. The number of carbonyl (C=O) groups excluding carboxylic acids is 1. The van der Waals surface area contributed by atoms with Crippen molar-refractivity contribution in [3.8, 4) is 0 Å². The molecule has 0 aromatic heterocycles. The molecule has 0 heterocycles. The number of amides is 1. The lowest BCUT2D eigenvalue weighted by Gasteiger charge is -2.19. The summed E-state index contributed by atoms with van der Waals surface area (Å²) in [6.45, 7) is 15.3. The van der Waals surface area contributed by atoms with Crippen LogP contribution >= 0.6 is 0 Å². The Labute approximate surface area is 245 Å². The molecular weight excluding hydrogens is 546 g/mol. The first-order chi connectivity index (χ1) is 20.0. The van der Waals surface area contributed by atoms with Crippen LogP contribution in [0, 0.1) is 0 Å². The molecule has 0 spiro atoms. The fourth-order valence-electron chi connectivity index (χ4n) is 2.69. The normalized spacial score (nSPS) is 11.7. The molecule has 0 aliphatic rings. The Balaban J connectivity index is 3.09. The third-order valence-corrected chi connectivity index (χ3v) is 4.50. The highest BCUT2D eigenvalue weighted by molar-refractivity contribution is 5.67. The summed E-state index contributed by atoms with van der Waals surface area (Å²) in [5.74, 6) is 0. The molecule has 0 saturated heterocycles. The van der Waals surface area contributed by atoms with Crippen LogP contribution in [0.3, 0.4) is 0 Å². The Bertz CT molecular complexity index is 538. The van der Waals surface area contributed by atoms with Crippen molar-refractivity contribution in [2.24, 2.45) is 0 Å². The number of aliphatic hydroxyl groups excluding tert-OH is 1. The van der Waals surface area contributed by atoms with Crippen molar-refractivity contribution < 1.29 is 62.0 Å². The molecular formula is C27H55NO13. The molecule has 0 aromatic carbocycles. The highest BCUT2D eigenvalue weighted by atomic mass is 16.6. The Morgan fingerprint density at radius 2 is 0.707 bits per heavy atom. The molecule has 0 rings (SSSR count). The first-order valence-corrected chi connectivity index (χ1v) is 14.3. The third kappa shape index (κ3) is 36.8. The molecule has 0 unspecified atom stereocenters. The number of carbonyl (C=O) groups is 1. The van der Waals surface area contributed by atoms with Crippen LogP contribution in [0.2, 0.25) is 0 Å². The minimum absolute atomic E-state index is 0.0225. The quantitative estimate of drug-likeness (QED) is 0.104. The lowest BCUT2D eigenvalue weighted by molar-refractivity contribution is -0.0268. The second-order valence-corrected chi connectivity index (χ2v) is 9.28. The molecule has 14 heteroatoms. The molecule has 0 radical (unpaired) electrons. The van der Waals surface area contributed by atoms with E-state index in [4.69, 9.17) is 57.2 Å². The van der Waals surface area contributed by atoms with E-state index in [1.165, 1.54) is 0 Å². The number of hydrogen-bond donors (Lipinski definition) is 2. The summed E-state index contributed by atoms with van der Waals surface area (Å²) in [7, 11) is 0. The van der Waals surface area contributed by atoms with Gasteiger partial charge in [-0.25, -0.2) is 4.79 Å². The SMILES string of the molecule is CC(C)(C)OC(=O)NCCOCCOCCOCCOCCOCCOCCOCCOCCOCCOCCO. The van der Waals surface area contributed by atoms with E-state index in [-0.39, 0.29) is 6.61 Å². The zero-order valence-electron chi connectivity index (χ0n) is 25.4. The molecule has 14 nitrogen and oxygen atoms in total. The van der Waals surface area contributed by atoms with Crippen LogP contribution in [0.25, 0.3) is 0 Å². The molecule has 0 bridgehead atoms. The summed E-state index contributed by atoms with van der Waals surface area (Å²) in [5, 5.41) is 11.2. The van der Waals surface area contributed by atoms with Crippen LogP contribution in [-0.2, 0) is 52.1 Å². The molecule has 0 aliphatic heterocycles. The van der Waals surface area contributed by atoms with Crippen molar-refractivity contribution >= 4 is 6.09 Å². The van der Waals surface area contributed by atoms with Gasteiger partial charge >= 0.3 is 6.09 Å². The van der Waals surface area contributed by atoms with E-state index in [1.54, 1.807) is 0 Å². The average molecular weight is 602 g/mol. The molecule has 246 valence electrons. The van der Waals surface area contributed by atoms with Gasteiger partial charge in [0.25, 0.3) is 0 Å². The Morgan fingerprint density at radius 3 is 0.951 bits per heavy atom. The van der Waals surface area contributed by atoms with Gasteiger partial charge in [-0.1, -0.05) is 0 Å². The average Bonchev–Trinajstić information content (AvgIpc) is 2.92. The Kier molecular flexibility index (Phi) is 30.9. The minimum atomic E-state index is -0.510. The monoisotopic (exact) mass is 601 g/mol. The molecule has 0 saturated carbocycles. The lowest BCUT2D eigenvalue weighted by atomic mass is 10.2. The van der Waals surface area contributed by atoms with Crippen molar-refractivity contribution in [2.75, 3.05) is 145 Å². The summed E-state index contributed by atoms with van der Waals surface area (Å²) in [6.07, 6.45) is -0.453. The third-order valence-electron chi connectivity index (χ3n) is 4.50. The number of rotatable bonds is 32. The lowest BCUT2D eigenvalue weighted by Crippen LogP contribution is -2.34. The van der Waals surface area contributed by atoms with Crippen molar-refractivity contribution in [1.29, 1.82) is 0 Å². The summed E-state index contributed by atoms with van der Waals surface area (Å²) < 4.78 is 58.9. The summed E-state index contributed by atoms with van der Waals surface area (Å²) in [4.78, 5) is 11.5. The van der Waals surface area contributed by atoms with Crippen LogP contribution in [0.1, 0.15) is 20.8 Å². The molecule has 2 N–H and O–H groups in total. The Hall–Kier alpha value is -1.17. The van der Waals surface area contributed by atoms with Gasteiger partial charge in [0.15, 0.2) is 0 Å². The fourth-order valence-corrected chi connectivity index (χ4v) is 2.69. The van der Waals surface area contributed by atoms with Crippen LogP contribution < -0.4 is 5.32 Å². The second kappa shape index (κ2) is 31.8. The highest BCUT2D eigenvalue weighted by Gasteiger charge is 2.15. The predicted molar refractivity (Wildman–Crippen MR) is 150 cm³/mol. The van der Waals surface area contributed by atoms with Gasteiger partial charge in [0.05, 0.1) is 139 Å². The van der Waals surface area contributed by atoms with Crippen molar-refractivity contribution in [1.82, 2.24) is 5.32 Å². The van der Waals surface area contributed by atoms with Gasteiger partial charge in [0.1, 0.15) is 5.60 Å². The van der Waals surface area contributed by atoms with Crippen LogP contribution in [0.5, 0.6) is 0 Å². The van der Waals surface area contributed by atoms with Gasteiger partial charge in [-0.3, -0.25) is 0 Å². The van der Waals surface area contributed by atoms with Crippen molar-refractivity contribution in [3.63, 3.8) is 0 Å².